The molecule has 2 aliphatic rings. The minimum Gasteiger partial charge on any atom is -0.454 e. The van der Waals surface area contributed by atoms with E-state index >= 15 is 0 Å². The van der Waals surface area contributed by atoms with Gasteiger partial charge in [-0.05, 0) is 54.3 Å². The van der Waals surface area contributed by atoms with Crippen LogP contribution in [0.1, 0.15) is 49.9 Å². The third kappa shape index (κ3) is 2.71. The minimum absolute atomic E-state index is 0.0345. The van der Waals surface area contributed by atoms with Crippen LogP contribution in [0.15, 0.2) is 76.5 Å². The van der Waals surface area contributed by atoms with E-state index in [9.17, 15) is 18.0 Å². The molecule has 0 unspecified atom stereocenters. The van der Waals surface area contributed by atoms with Crippen LogP contribution in [0.3, 0.4) is 0 Å². The average Bonchev–Trinajstić information content (AvgIpc) is 3.15. The molecule has 0 saturated heterocycles. The standard InChI is InChI=1S/C23H16O5S/c24-22-17-7-3-4-8-20(17)29(26,27)21-13-15(9-11-18(21)22)23(25)28-19-12-10-14-5-1-2-6-16(14)19/h1-9,11,13,19H,10,12H2/t19-/m1/s1. The Labute approximate surface area is 167 Å². The number of aryl methyl sites for hydroxylation is 1. The van der Waals surface area contributed by atoms with Gasteiger partial charge in [-0.15, -0.1) is 0 Å². The number of hydrogen-bond acceptors (Lipinski definition) is 5. The summed E-state index contributed by atoms with van der Waals surface area (Å²) >= 11 is 0. The fourth-order valence-electron chi connectivity index (χ4n) is 4.05. The highest BCUT2D eigenvalue weighted by molar-refractivity contribution is 7.91. The maximum absolute atomic E-state index is 13.0. The van der Waals surface area contributed by atoms with E-state index in [-0.39, 0.29) is 38.4 Å². The highest BCUT2D eigenvalue weighted by atomic mass is 32.2. The smallest absolute Gasteiger partial charge is 0.338 e. The summed E-state index contributed by atoms with van der Waals surface area (Å²) in [6.45, 7) is 0. The topological polar surface area (TPSA) is 77.5 Å². The molecule has 1 atom stereocenters. The Balaban J connectivity index is 1.51. The quantitative estimate of drug-likeness (QED) is 0.474. The lowest BCUT2D eigenvalue weighted by Gasteiger charge is -2.19. The number of fused-ring (bicyclic) bond motifs is 3. The monoisotopic (exact) mass is 404 g/mol. The molecule has 0 saturated carbocycles. The van der Waals surface area contributed by atoms with Gasteiger partial charge in [0.25, 0.3) is 0 Å². The van der Waals surface area contributed by atoms with Crippen LogP contribution in [0, 0.1) is 0 Å². The van der Waals surface area contributed by atoms with Crippen LogP contribution in [0.5, 0.6) is 0 Å². The zero-order valence-corrected chi connectivity index (χ0v) is 16.1. The van der Waals surface area contributed by atoms with Crippen molar-refractivity contribution in [1.29, 1.82) is 0 Å². The van der Waals surface area contributed by atoms with Crippen LogP contribution in [0.25, 0.3) is 0 Å². The second-order valence-electron chi connectivity index (χ2n) is 7.17. The Hall–Kier alpha value is -3.25. The van der Waals surface area contributed by atoms with Crippen LogP contribution >= 0.6 is 0 Å². The third-order valence-corrected chi connectivity index (χ3v) is 7.35. The number of hydrogen-bond donors (Lipinski definition) is 0. The lowest BCUT2D eigenvalue weighted by Crippen LogP contribution is -2.21. The van der Waals surface area contributed by atoms with Gasteiger partial charge in [0.2, 0.25) is 9.84 Å². The second kappa shape index (κ2) is 6.39. The first-order valence-corrected chi connectivity index (χ1v) is 10.8. The fourth-order valence-corrected chi connectivity index (χ4v) is 5.73. The number of ketones is 1. The number of esters is 1. The van der Waals surface area contributed by atoms with E-state index < -0.39 is 15.8 Å². The van der Waals surface area contributed by atoms with Gasteiger partial charge in [-0.2, -0.15) is 0 Å². The first-order chi connectivity index (χ1) is 14.0. The largest absolute Gasteiger partial charge is 0.454 e. The summed E-state index contributed by atoms with van der Waals surface area (Å²) < 4.78 is 31.7. The van der Waals surface area contributed by atoms with E-state index in [1.54, 1.807) is 12.1 Å². The van der Waals surface area contributed by atoms with Crippen molar-refractivity contribution in [3.63, 3.8) is 0 Å². The summed E-state index contributed by atoms with van der Waals surface area (Å²) in [5.74, 6) is -0.967. The van der Waals surface area contributed by atoms with E-state index in [2.05, 4.69) is 0 Å². The van der Waals surface area contributed by atoms with Crippen molar-refractivity contribution in [2.45, 2.75) is 28.7 Å². The van der Waals surface area contributed by atoms with Crippen LogP contribution in [0.2, 0.25) is 0 Å². The average molecular weight is 404 g/mol. The van der Waals surface area contributed by atoms with Crippen molar-refractivity contribution in [2.75, 3.05) is 0 Å². The first kappa shape index (κ1) is 17.8. The molecule has 6 heteroatoms. The predicted molar refractivity (Wildman–Crippen MR) is 105 cm³/mol. The van der Waals surface area contributed by atoms with E-state index in [0.717, 1.165) is 17.5 Å². The van der Waals surface area contributed by atoms with Crippen LogP contribution in [0.4, 0.5) is 0 Å². The number of sulfone groups is 1. The molecule has 0 fully saturated rings. The Kier molecular flexibility index (Phi) is 3.93. The Bertz CT molecular complexity index is 1290. The molecule has 1 aliphatic heterocycles. The Morgan fingerprint density at radius 1 is 0.897 bits per heavy atom. The summed E-state index contributed by atoms with van der Waals surface area (Å²) in [6, 6.07) is 18.0. The molecule has 1 aliphatic carbocycles. The van der Waals surface area contributed by atoms with Gasteiger partial charge >= 0.3 is 5.97 Å². The van der Waals surface area contributed by atoms with Crippen molar-refractivity contribution < 1.29 is 22.7 Å². The van der Waals surface area contributed by atoms with Gasteiger partial charge in [-0.3, -0.25) is 4.79 Å². The van der Waals surface area contributed by atoms with Gasteiger partial charge in [0.1, 0.15) is 6.10 Å². The summed E-state index contributed by atoms with van der Waals surface area (Å²) in [7, 11) is -3.89. The predicted octanol–water partition coefficient (Wildman–Crippen LogP) is 3.91. The Morgan fingerprint density at radius 2 is 1.62 bits per heavy atom. The van der Waals surface area contributed by atoms with Gasteiger partial charge in [-0.25, -0.2) is 13.2 Å². The normalized spacial score (nSPS) is 18.5. The maximum atomic E-state index is 13.0. The van der Waals surface area contributed by atoms with Crippen molar-refractivity contribution in [3.8, 4) is 0 Å². The highest BCUT2D eigenvalue weighted by Gasteiger charge is 2.35. The first-order valence-electron chi connectivity index (χ1n) is 9.28. The van der Waals surface area contributed by atoms with Gasteiger partial charge in [-0.1, -0.05) is 36.4 Å². The molecule has 144 valence electrons. The summed E-state index contributed by atoms with van der Waals surface area (Å²) in [4.78, 5) is 25.3. The van der Waals surface area contributed by atoms with Crippen LogP contribution < -0.4 is 0 Å². The number of benzene rings is 3. The lowest BCUT2D eigenvalue weighted by molar-refractivity contribution is 0.0301. The van der Waals surface area contributed by atoms with Crippen molar-refractivity contribution >= 4 is 21.6 Å². The zero-order valence-electron chi connectivity index (χ0n) is 15.3. The molecule has 0 aromatic heterocycles. The van der Waals surface area contributed by atoms with Crippen molar-refractivity contribution in [1.82, 2.24) is 0 Å². The summed E-state index contributed by atoms with van der Waals surface area (Å²) in [5.41, 5.74) is 2.48. The molecule has 5 rings (SSSR count). The molecule has 0 bridgehead atoms. The van der Waals surface area contributed by atoms with E-state index in [1.165, 1.54) is 30.3 Å². The highest BCUT2D eigenvalue weighted by Crippen LogP contribution is 2.37. The lowest BCUT2D eigenvalue weighted by atomic mass is 10.0. The van der Waals surface area contributed by atoms with Gasteiger partial charge in [0.15, 0.2) is 5.78 Å². The molecule has 0 spiro atoms. The molecule has 5 nitrogen and oxygen atoms in total. The van der Waals surface area contributed by atoms with E-state index in [1.807, 2.05) is 24.3 Å². The minimum atomic E-state index is -3.89. The van der Waals surface area contributed by atoms with Crippen molar-refractivity contribution in [3.05, 3.63) is 94.5 Å². The molecule has 3 aromatic carbocycles. The number of rotatable bonds is 2. The Morgan fingerprint density at radius 3 is 2.48 bits per heavy atom. The SMILES string of the molecule is O=C(O[C@@H]1CCc2ccccc21)c1ccc2c(c1)S(=O)(=O)c1ccccc1C2=O. The molecule has 0 radical (unpaired) electrons. The molecule has 1 heterocycles. The molecule has 0 amide bonds. The molecular weight excluding hydrogens is 388 g/mol. The molecule has 0 N–H and O–H groups in total. The van der Waals surface area contributed by atoms with E-state index in [0.29, 0.717) is 6.42 Å². The maximum Gasteiger partial charge on any atom is 0.338 e. The van der Waals surface area contributed by atoms with Gasteiger partial charge in [0.05, 0.1) is 15.4 Å². The summed E-state index contributed by atoms with van der Waals surface area (Å²) in [6.07, 6.45) is 1.17. The van der Waals surface area contributed by atoms with Gasteiger partial charge in [0, 0.05) is 11.1 Å². The van der Waals surface area contributed by atoms with Gasteiger partial charge < -0.3 is 4.74 Å². The third-order valence-electron chi connectivity index (χ3n) is 5.50. The van der Waals surface area contributed by atoms with Crippen LogP contribution in [-0.2, 0) is 21.0 Å². The zero-order chi connectivity index (χ0) is 20.2. The van der Waals surface area contributed by atoms with Crippen molar-refractivity contribution in [2.24, 2.45) is 0 Å². The molecule has 29 heavy (non-hydrogen) atoms. The molecule has 3 aromatic rings. The number of carbonyl (C=O) groups excluding carboxylic acids is 2. The molecular formula is C23H16O5S. The van der Waals surface area contributed by atoms with E-state index in [4.69, 9.17) is 4.74 Å². The summed E-state index contributed by atoms with van der Waals surface area (Å²) in [5, 5.41) is 0. The fraction of sp³-hybridized carbons (Fsp3) is 0.130. The number of ether oxygens (including phenoxy) is 1. The van der Waals surface area contributed by atoms with Crippen LogP contribution in [-0.4, -0.2) is 20.2 Å². The number of carbonyl (C=O) groups is 2. The second-order valence-corrected chi connectivity index (χ2v) is 9.06.